The molecule has 2 heterocycles. The lowest BCUT2D eigenvalue weighted by atomic mass is 9.98. The quantitative estimate of drug-likeness (QED) is 0.0762. The van der Waals surface area contributed by atoms with Crippen molar-refractivity contribution in [2.45, 2.75) is 75.7 Å². The van der Waals surface area contributed by atoms with E-state index in [1.54, 1.807) is 126 Å². The van der Waals surface area contributed by atoms with Gasteiger partial charge in [-0.1, -0.05) is 54.6 Å². The topological polar surface area (TPSA) is 236 Å². The van der Waals surface area contributed by atoms with Crippen LogP contribution in [0.1, 0.15) is 61.9 Å². The fraction of sp³-hybridized carbons (Fsp3) is 0.306. The summed E-state index contributed by atoms with van der Waals surface area (Å²) >= 11 is 0. The molecule has 0 spiro atoms. The summed E-state index contributed by atoms with van der Waals surface area (Å²) in [6.07, 6.45) is -0.865. The molecule has 0 aliphatic rings. The number of carbonyl (C=O) groups excluding carboxylic acids is 2. The first kappa shape index (κ1) is 50.5. The van der Waals surface area contributed by atoms with Crippen molar-refractivity contribution in [2.24, 2.45) is 0 Å². The second-order valence-corrected chi connectivity index (χ2v) is 21.0. The molecule has 1 amide bonds. The highest BCUT2D eigenvalue weighted by Gasteiger charge is 2.39. The van der Waals surface area contributed by atoms with Crippen LogP contribution in [0.4, 0.5) is 4.79 Å². The smallest absolute Gasteiger partial charge is 0.407 e. The Kier molecular flexibility index (Phi) is 15.2. The molecule has 0 aliphatic carbocycles. The van der Waals surface area contributed by atoms with Crippen molar-refractivity contribution in [1.82, 2.24) is 39.8 Å². The van der Waals surface area contributed by atoms with Gasteiger partial charge in [0.1, 0.15) is 27.7 Å². The van der Waals surface area contributed by atoms with Gasteiger partial charge in [-0.3, -0.25) is 0 Å². The molecular formula is C49H54N8O11S2. The third-order valence-electron chi connectivity index (χ3n) is 10.8. The van der Waals surface area contributed by atoms with Crippen LogP contribution in [0.15, 0.2) is 113 Å². The lowest BCUT2D eigenvalue weighted by Crippen LogP contribution is -2.41. The van der Waals surface area contributed by atoms with Gasteiger partial charge < -0.3 is 34.0 Å². The monoisotopic (exact) mass is 994 g/mol. The second-order valence-electron chi connectivity index (χ2n) is 17.1. The van der Waals surface area contributed by atoms with Gasteiger partial charge in [0.25, 0.3) is 0 Å². The van der Waals surface area contributed by atoms with Gasteiger partial charge in [-0.15, -0.1) is 10.2 Å². The van der Waals surface area contributed by atoms with Gasteiger partial charge in [0.15, 0.2) is 9.84 Å². The zero-order valence-electron chi connectivity index (χ0n) is 39.9. The average molecular weight is 995 g/mol. The van der Waals surface area contributed by atoms with Crippen LogP contribution >= 0.6 is 0 Å². The summed E-state index contributed by atoms with van der Waals surface area (Å²) in [6.45, 7) is 7.81. The number of benzene rings is 5. The molecule has 70 heavy (non-hydrogen) atoms. The van der Waals surface area contributed by atoms with E-state index in [2.05, 4.69) is 25.6 Å². The maximum atomic E-state index is 16.2. The van der Waals surface area contributed by atoms with Gasteiger partial charge in [0.2, 0.25) is 21.7 Å². The minimum atomic E-state index is -5.01. The molecule has 2 N–H and O–H groups in total. The van der Waals surface area contributed by atoms with Crippen molar-refractivity contribution in [3.8, 4) is 39.8 Å². The number of amides is 1. The number of rotatable bonds is 19. The van der Waals surface area contributed by atoms with Gasteiger partial charge >= 0.3 is 12.1 Å². The Morgan fingerprint density at radius 3 is 1.89 bits per heavy atom. The largest absolute Gasteiger partial charge is 0.497 e. The molecule has 2 aromatic heterocycles. The first-order valence-electron chi connectivity index (χ1n) is 22.0. The number of methoxy groups -OCH3 is 3. The highest BCUT2D eigenvalue weighted by Crippen LogP contribution is 2.43. The number of tetrazole rings is 1. The molecule has 0 saturated carbocycles. The van der Waals surface area contributed by atoms with Gasteiger partial charge in [-0.2, -0.15) is 9.10 Å². The Labute approximate surface area is 406 Å². The number of imidazole rings is 1. The normalized spacial score (nSPS) is 12.4. The molecule has 368 valence electrons. The van der Waals surface area contributed by atoms with E-state index in [0.29, 0.717) is 39.5 Å². The summed E-state index contributed by atoms with van der Waals surface area (Å²) in [7, 11) is -5.12. The molecule has 0 bridgehead atoms. The Morgan fingerprint density at radius 2 is 1.34 bits per heavy atom. The van der Waals surface area contributed by atoms with Crippen molar-refractivity contribution in [3.63, 3.8) is 0 Å². The van der Waals surface area contributed by atoms with Gasteiger partial charge in [0, 0.05) is 24.7 Å². The van der Waals surface area contributed by atoms with E-state index in [1.807, 2.05) is 0 Å². The molecule has 7 rings (SSSR count). The van der Waals surface area contributed by atoms with E-state index in [-0.39, 0.29) is 54.5 Å². The summed E-state index contributed by atoms with van der Waals surface area (Å²) < 4.78 is 90.5. The fourth-order valence-electron chi connectivity index (χ4n) is 7.55. The van der Waals surface area contributed by atoms with Crippen LogP contribution < -0.4 is 19.5 Å². The van der Waals surface area contributed by atoms with Crippen molar-refractivity contribution < 1.29 is 50.1 Å². The molecule has 0 unspecified atom stereocenters. The molecule has 0 aliphatic heterocycles. The predicted molar refractivity (Wildman–Crippen MR) is 260 cm³/mol. The molecular weight excluding hydrogens is 941 g/mol. The minimum Gasteiger partial charge on any atom is -0.497 e. The number of fused-ring (bicyclic) bond motifs is 1. The number of alkyl carbamates (subject to hydrolysis) is 1. The molecule has 1 atom stereocenters. The van der Waals surface area contributed by atoms with Crippen LogP contribution in [0, 0.1) is 0 Å². The number of nitrogens with zero attached hydrogens (tertiary/aromatic N) is 6. The maximum absolute atomic E-state index is 16.2. The molecule has 19 nitrogen and oxygen atoms in total. The number of sulfonamides is 1. The van der Waals surface area contributed by atoms with Crippen LogP contribution in [-0.2, 0) is 49.0 Å². The average Bonchev–Trinajstić information content (AvgIpc) is 3.98. The van der Waals surface area contributed by atoms with Crippen LogP contribution in [0.5, 0.6) is 17.2 Å². The Balaban J connectivity index is 1.51. The summed E-state index contributed by atoms with van der Waals surface area (Å²) in [5.41, 5.74) is 1.80. The van der Waals surface area contributed by atoms with E-state index < -0.39 is 59.1 Å². The Hall–Kier alpha value is -7.36. The van der Waals surface area contributed by atoms with Gasteiger partial charge in [0.05, 0.1) is 61.7 Å². The number of aromatic amines is 1. The number of H-pyrrole nitrogens is 1. The maximum Gasteiger partial charge on any atom is 0.407 e. The van der Waals surface area contributed by atoms with E-state index in [4.69, 9.17) is 28.8 Å². The van der Waals surface area contributed by atoms with Gasteiger partial charge in [-0.05, 0) is 111 Å². The number of sulfone groups is 1. The van der Waals surface area contributed by atoms with Crippen molar-refractivity contribution in [2.75, 3.05) is 33.7 Å². The third kappa shape index (κ3) is 11.7. The van der Waals surface area contributed by atoms with Crippen LogP contribution in [0.3, 0.4) is 0 Å². The van der Waals surface area contributed by atoms with Crippen molar-refractivity contribution >= 4 is 43.0 Å². The second kappa shape index (κ2) is 21.1. The molecule has 0 fully saturated rings. The summed E-state index contributed by atoms with van der Waals surface area (Å²) in [4.78, 5) is 33.5. The van der Waals surface area contributed by atoms with Crippen LogP contribution in [-0.4, -0.2) is 109 Å². The van der Waals surface area contributed by atoms with Crippen molar-refractivity contribution in [3.05, 3.63) is 126 Å². The number of para-hydroxylation sites is 1. The van der Waals surface area contributed by atoms with E-state index in [9.17, 15) is 9.59 Å². The van der Waals surface area contributed by atoms with E-state index in [0.717, 1.165) is 9.87 Å². The van der Waals surface area contributed by atoms with E-state index in [1.165, 1.54) is 38.1 Å². The van der Waals surface area contributed by atoms with Crippen LogP contribution in [0.2, 0.25) is 0 Å². The molecule has 7 aromatic rings. The van der Waals surface area contributed by atoms with E-state index >= 15 is 16.8 Å². The minimum absolute atomic E-state index is 0.0807. The number of hydrogen-bond donors (Lipinski definition) is 2. The molecule has 21 heteroatoms. The number of carbonyl (C=O) groups is 2. The SMILES string of the molecule is CCOC(=O)c1nc2c(-c3ccc(S(=O)(=O)C[C@H](C)NC(=O)OC(C)(C)C)c(S(=O)(=O)N(Cc4ccc(OC)cc4)Cc4ccc(OC)cc4)c3-c3nnn(Cc4ccc(OC)cc4)n3)cccc2[nH]1. The van der Waals surface area contributed by atoms with Gasteiger partial charge in [-0.25, -0.2) is 31.4 Å². The standard InChI is InChI=1S/C49H54N8O11S2/c1-9-67-47(58)46-51-40-12-10-11-39(43(40)52-46)38-25-26-41(69(60,61)30-31(2)50-48(59)68-49(3,4)5)44(42(38)45-53-55-57(54-45)29-34-17-23-37(66-8)24-18-34)70(62,63)56(27-32-13-19-35(64-6)20-14-32)28-33-15-21-36(65-7)22-16-33/h10-26,31H,9,27-30H2,1-8H3,(H,50,59)(H,51,52)/t31-/m0/s1. The summed E-state index contributed by atoms with van der Waals surface area (Å²) in [5.74, 6) is -0.137. The zero-order chi connectivity index (χ0) is 50.4. The third-order valence-corrected chi connectivity index (χ3v) is 14.7. The Morgan fingerprint density at radius 1 is 0.771 bits per heavy atom. The summed E-state index contributed by atoms with van der Waals surface area (Å²) in [5, 5.41) is 16.0. The molecule has 5 aromatic carbocycles. The summed E-state index contributed by atoms with van der Waals surface area (Å²) in [6, 6.07) is 27.3. The fourth-order valence-corrected chi connectivity index (χ4v) is 11.5. The first-order chi connectivity index (χ1) is 33.3. The highest BCUT2D eigenvalue weighted by molar-refractivity contribution is 7.93. The molecule has 0 saturated heterocycles. The van der Waals surface area contributed by atoms with Crippen molar-refractivity contribution in [1.29, 1.82) is 0 Å². The lowest BCUT2D eigenvalue weighted by Gasteiger charge is -2.27. The number of esters is 1. The number of aromatic nitrogens is 6. The zero-order valence-corrected chi connectivity index (χ0v) is 41.6. The number of nitrogens with one attached hydrogen (secondary N) is 2. The highest BCUT2D eigenvalue weighted by atomic mass is 32.2. The Bertz CT molecular complexity index is 3160. The number of ether oxygens (including phenoxy) is 5. The molecule has 0 radical (unpaired) electrons. The first-order valence-corrected chi connectivity index (χ1v) is 25.1. The lowest BCUT2D eigenvalue weighted by molar-refractivity contribution is 0.0503. The van der Waals surface area contributed by atoms with Crippen LogP contribution in [0.25, 0.3) is 33.5 Å². The predicted octanol–water partition coefficient (Wildman–Crippen LogP) is 7.21. The number of hydrogen-bond acceptors (Lipinski definition) is 15.